The Balaban J connectivity index is 1.71. The average molecular weight is 428 g/mol. The molecule has 1 fully saturated rings. The van der Waals surface area contributed by atoms with Crippen molar-refractivity contribution >= 4 is 28.9 Å². The van der Waals surface area contributed by atoms with Crippen LogP contribution in [0.3, 0.4) is 0 Å². The Bertz CT molecular complexity index is 1180. The van der Waals surface area contributed by atoms with Crippen molar-refractivity contribution in [3.8, 4) is 11.3 Å². The van der Waals surface area contributed by atoms with Crippen molar-refractivity contribution in [2.75, 3.05) is 18.8 Å². The molecule has 0 bridgehead atoms. The minimum Gasteiger partial charge on any atom is -0.346 e. The van der Waals surface area contributed by atoms with Crippen molar-refractivity contribution in [3.63, 3.8) is 0 Å². The van der Waals surface area contributed by atoms with E-state index >= 15 is 0 Å². The number of hydrogen-bond acceptors (Lipinski definition) is 7. The SMILES string of the molecule is CCS(=O)(=O)N1CC(OP(=O)(O)O)(n2cc(-c3ncnc4[nH]ccc34)cn2)C1. The number of aromatic amines is 1. The molecule has 150 valence electrons. The van der Waals surface area contributed by atoms with Gasteiger partial charge in [-0.05, 0) is 13.0 Å². The predicted molar refractivity (Wildman–Crippen MR) is 97.2 cm³/mol. The fourth-order valence-electron chi connectivity index (χ4n) is 3.12. The Morgan fingerprint density at radius 2 is 2.11 bits per heavy atom. The number of phosphoric acid groups is 1. The molecule has 0 unspecified atom stereocenters. The van der Waals surface area contributed by atoms with Gasteiger partial charge in [0.25, 0.3) is 0 Å². The van der Waals surface area contributed by atoms with Crippen LogP contribution in [-0.2, 0) is 24.8 Å². The molecule has 28 heavy (non-hydrogen) atoms. The van der Waals surface area contributed by atoms with Gasteiger partial charge in [0, 0.05) is 23.3 Å². The fourth-order valence-corrected chi connectivity index (χ4v) is 4.92. The quantitative estimate of drug-likeness (QED) is 0.467. The van der Waals surface area contributed by atoms with Gasteiger partial charge in [0.05, 0.1) is 30.7 Å². The smallest absolute Gasteiger partial charge is 0.346 e. The van der Waals surface area contributed by atoms with E-state index in [1.165, 1.54) is 30.3 Å². The minimum atomic E-state index is -4.91. The van der Waals surface area contributed by atoms with E-state index < -0.39 is 23.6 Å². The molecule has 3 N–H and O–H groups in total. The molecule has 0 aliphatic carbocycles. The summed E-state index contributed by atoms with van der Waals surface area (Å²) in [5.74, 6) is -0.129. The Morgan fingerprint density at radius 1 is 1.36 bits per heavy atom. The van der Waals surface area contributed by atoms with Crippen molar-refractivity contribution in [1.29, 1.82) is 0 Å². The highest BCUT2D eigenvalue weighted by atomic mass is 32.2. The van der Waals surface area contributed by atoms with E-state index in [9.17, 15) is 22.8 Å². The summed E-state index contributed by atoms with van der Waals surface area (Å²) in [7, 11) is -8.44. The van der Waals surface area contributed by atoms with Gasteiger partial charge in [-0.25, -0.2) is 27.6 Å². The van der Waals surface area contributed by atoms with E-state index in [2.05, 4.69) is 20.1 Å². The van der Waals surface area contributed by atoms with Gasteiger partial charge in [0.1, 0.15) is 12.0 Å². The highest BCUT2D eigenvalue weighted by Gasteiger charge is 2.54. The van der Waals surface area contributed by atoms with Crippen molar-refractivity contribution in [1.82, 2.24) is 29.0 Å². The summed E-state index contributed by atoms with van der Waals surface area (Å²) in [4.78, 5) is 30.0. The van der Waals surface area contributed by atoms with Gasteiger partial charge in [-0.15, -0.1) is 0 Å². The largest absolute Gasteiger partial charge is 0.471 e. The number of rotatable bonds is 6. The maximum atomic E-state index is 12.0. The van der Waals surface area contributed by atoms with Gasteiger partial charge in [-0.1, -0.05) is 0 Å². The second-order valence-corrected chi connectivity index (χ2v) is 9.75. The molecule has 1 aliphatic rings. The number of H-pyrrole nitrogens is 1. The molecule has 12 nitrogen and oxygen atoms in total. The van der Waals surface area contributed by atoms with Crippen LogP contribution in [-0.4, -0.2) is 66.1 Å². The first kappa shape index (κ1) is 19.2. The standard InChI is InChI=1S/C14H17N6O6PS/c1-2-28(24,25)19-7-14(8-19,26-27(21,22)23)20-6-10(5-18-20)12-11-3-4-15-13(11)17-9-16-12/h3-6,9H,2,7-8H2,1H3,(H,15,16,17)(H2,21,22,23). The maximum Gasteiger partial charge on any atom is 0.471 e. The molecule has 1 saturated heterocycles. The highest BCUT2D eigenvalue weighted by Crippen LogP contribution is 2.47. The molecule has 1 aliphatic heterocycles. The van der Waals surface area contributed by atoms with Gasteiger partial charge in [0.2, 0.25) is 10.0 Å². The fraction of sp³-hybridized carbons (Fsp3) is 0.357. The number of nitrogens with zero attached hydrogens (tertiary/aromatic N) is 5. The van der Waals surface area contributed by atoms with Gasteiger partial charge in [0.15, 0.2) is 5.72 Å². The number of fused-ring (bicyclic) bond motifs is 1. The van der Waals surface area contributed by atoms with Gasteiger partial charge in [-0.2, -0.15) is 9.40 Å². The van der Waals surface area contributed by atoms with Crippen LogP contribution in [0.2, 0.25) is 0 Å². The van der Waals surface area contributed by atoms with Gasteiger partial charge in [-0.3, -0.25) is 4.52 Å². The zero-order chi connectivity index (χ0) is 20.2. The Morgan fingerprint density at radius 3 is 2.79 bits per heavy atom. The average Bonchev–Trinajstić information content (AvgIpc) is 3.25. The normalized spacial score (nSPS) is 17.7. The van der Waals surface area contributed by atoms with Crippen LogP contribution in [0.1, 0.15) is 6.92 Å². The summed E-state index contributed by atoms with van der Waals surface area (Å²) in [5, 5.41) is 4.91. The summed E-state index contributed by atoms with van der Waals surface area (Å²) >= 11 is 0. The van der Waals surface area contributed by atoms with Gasteiger partial charge < -0.3 is 14.8 Å². The van der Waals surface area contributed by atoms with Crippen molar-refractivity contribution in [3.05, 3.63) is 31.0 Å². The molecule has 4 heterocycles. The van der Waals surface area contributed by atoms with Crippen LogP contribution in [0.15, 0.2) is 31.0 Å². The van der Waals surface area contributed by atoms with E-state index in [1.54, 1.807) is 12.3 Å². The summed E-state index contributed by atoms with van der Waals surface area (Å²) < 4.78 is 42.8. The molecule has 3 aromatic heterocycles. The molecular formula is C14H17N6O6PS. The summed E-state index contributed by atoms with van der Waals surface area (Å²) in [5.41, 5.74) is 0.158. The summed E-state index contributed by atoms with van der Waals surface area (Å²) in [6, 6.07) is 1.79. The Labute approximate surface area is 159 Å². The lowest BCUT2D eigenvalue weighted by molar-refractivity contribution is -0.124. The summed E-state index contributed by atoms with van der Waals surface area (Å²) in [6.07, 6.45) is 6.08. The molecular weight excluding hydrogens is 411 g/mol. The molecule has 0 spiro atoms. The third-order valence-electron chi connectivity index (χ3n) is 4.52. The Kier molecular flexibility index (Phi) is 4.41. The molecule has 3 aromatic rings. The zero-order valence-corrected chi connectivity index (χ0v) is 16.3. The molecule has 4 rings (SSSR count). The van der Waals surface area contributed by atoms with Crippen LogP contribution >= 0.6 is 7.82 Å². The first-order valence-corrected chi connectivity index (χ1v) is 11.4. The van der Waals surface area contributed by atoms with Gasteiger partial charge >= 0.3 is 7.82 Å². The number of phosphoric ester groups is 1. The third-order valence-corrected chi connectivity index (χ3v) is 6.87. The number of hydrogen-bond donors (Lipinski definition) is 3. The van der Waals surface area contributed by atoms with E-state index in [-0.39, 0.29) is 18.8 Å². The topological polar surface area (TPSA) is 164 Å². The molecule has 0 amide bonds. The summed E-state index contributed by atoms with van der Waals surface area (Å²) in [6.45, 7) is 0.958. The van der Waals surface area contributed by atoms with Crippen LogP contribution in [0.4, 0.5) is 0 Å². The first-order valence-electron chi connectivity index (χ1n) is 8.21. The van der Waals surface area contributed by atoms with Crippen molar-refractivity contribution in [2.45, 2.75) is 12.6 Å². The number of nitrogens with one attached hydrogen (secondary N) is 1. The minimum absolute atomic E-state index is 0.129. The molecule has 14 heteroatoms. The maximum absolute atomic E-state index is 12.0. The first-order chi connectivity index (χ1) is 13.1. The van der Waals surface area contributed by atoms with Crippen LogP contribution in [0.25, 0.3) is 22.3 Å². The van der Waals surface area contributed by atoms with E-state index in [4.69, 9.17) is 4.52 Å². The highest BCUT2D eigenvalue weighted by molar-refractivity contribution is 7.89. The molecule has 0 aromatic carbocycles. The van der Waals surface area contributed by atoms with Crippen molar-refractivity contribution < 1.29 is 27.3 Å². The lowest BCUT2D eigenvalue weighted by Crippen LogP contribution is -2.65. The number of aromatic nitrogens is 5. The van der Waals surface area contributed by atoms with Crippen molar-refractivity contribution in [2.24, 2.45) is 0 Å². The monoisotopic (exact) mass is 428 g/mol. The molecule has 0 radical (unpaired) electrons. The van der Waals surface area contributed by atoms with E-state index in [1.807, 2.05) is 0 Å². The lowest BCUT2D eigenvalue weighted by atomic mass is 10.1. The van der Waals surface area contributed by atoms with E-state index in [0.29, 0.717) is 16.9 Å². The molecule has 0 atom stereocenters. The van der Waals surface area contributed by atoms with Crippen LogP contribution in [0, 0.1) is 0 Å². The third kappa shape index (κ3) is 3.26. The number of sulfonamides is 1. The second-order valence-electron chi connectivity index (χ2n) is 6.33. The zero-order valence-electron chi connectivity index (χ0n) is 14.6. The molecule has 0 saturated carbocycles. The van der Waals surface area contributed by atoms with Crippen LogP contribution < -0.4 is 0 Å². The lowest BCUT2D eigenvalue weighted by Gasteiger charge is -2.47. The predicted octanol–water partition coefficient (Wildman–Crippen LogP) is 0.249. The second kappa shape index (κ2) is 6.44. The Hall–Kier alpha value is -2.15. The van der Waals surface area contributed by atoms with Crippen LogP contribution in [0.5, 0.6) is 0 Å². The van der Waals surface area contributed by atoms with E-state index in [0.717, 1.165) is 9.69 Å².